The molecule has 3 aromatic heterocycles. The van der Waals surface area contributed by atoms with Gasteiger partial charge in [0, 0.05) is 38.1 Å². The molecule has 0 bridgehead atoms. The van der Waals surface area contributed by atoms with E-state index in [9.17, 15) is 18.0 Å². The monoisotopic (exact) mass is 431 g/mol. The molecule has 1 aliphatic carbocycles. The smallest absolute Gasteiger partial charge is 0.368 e. The fourth-order valence-corrected chi connectivity index (χ4v) is 4.06. The van der Waals surface area contributed by atoms with Crippen molar-refractivity contribution in [3.8, 4) is 11.5 Å². The first-order valence-electron chi connectivity index (χ1n) is 9.99. The van der Waals surface area contributed by atoms with Gasteiger partial charge in [-0.3, -0.25) is 14.1 Å². The Bertz CT molecular complexity index is 1140. The van der Waals surface area contributed by atoms with Crippen LogP contribution in [0.2, 0.25) is 0 Å². The zero-order chi connectivity index (χ0) is 21.8. The maximum Gasteiger partial charge on any atom is 0.417 e. The number of primary amides is 1. The largest absolute Gasteiger partial charge is 0.417 e. The van der Waals surface area contributed by atoms with Gasteiger partial charge in [0.05, 0.1) is 11.8 Å². The highest BCUT2D eigenvalue weighted by molar-refractivity contribution is 5.81. The van der Waals surface area contributed by atoms with Gasteiger partial charge in [0.1, 0.15) is 23.2 Å². The molecule has 1 unspecified atom stereocenters. The van der Waals surface area contributed by atoms with Crippen LogP contribution in [0.1, 0.15) is 18.4 Å². The summed E-state index contributed by atoms with van der Waals surface area (Å²) < 4.78 is 40.8. The molecule has 162 valence electrons. The van der Waals surface area contributed by atoms with Crippen LogP contribution in [-0.2, 0) is 11.0 Å². The Kier molecular flexibility index (Phi) is 4.58. The number of pyridine rings is 1. The lowest BCUT2D eigenvalue weighted by atomic mass is 10.1. The topological polar surface area (TPSA) is 92.7 Å². The van der Waals surface area contributed by atoms with Crippen molar-refractivity contribution in [1.29, 1.82) is 0 Å². The van der Waals surface area contributed by atoms with E-state index in [1.165, 1.54) is 16.7 Å². The van der Waals surface area contributed by atoms with Gasteiger partial charge in [0.2, 0.25) is 5.91 Å². The molecule has 11 heteroatoms. The molecule has 1 aliphatic heterocycles. The van der Waals surface area contributed by atoms with Gasteiger partial charge in [0.25, 0.3) is 0 Å². The van der Waals surface area contributed by atoms with E-state index in [4.69, 9.17) is 5.73 Å². The number of anilines is 1. The summed E-state index contributed by atoms with van der Waals surface area (Å²) in [6.45, 7) is 1.78. The van der Waals surface area contributed by atoms with Crippen molar-refractivity contribution in [3.63, 3.8) is 0 Å². The van der Waals surface area contributed by atoms with Crippen molar-refractivity contribution in [1.82, 2.24) is 24.3 Å². The van der Waals surface area contributed by atoms with Crippen molar-refractivity contribution in [2.24, 2.45) is 5.73 Å². The summed E-state index contributed by atoms with van der Waals surface area (Å²) in [6, 6.07) is 4.04. The van der Waals surface area contributed by atoms with Gasteiger partial charge in [-0.2, -0.15) is 13.2 Å². The van der Waals surface area contributed by atoms with E-state index in [-0.39, 0.29) is 11.7 Å². The van der Waals surface area contributed by atoms with Crippen molar-refractivity contribution in [2.75, 3.05) is 24.5 Å². The first-order valence-corrected chi connectivity index (χ1v) is 9.99. The van der Waals surface area contributed by atoms with Crippen LogP contribution in [0.5, 0.6) is 0 Å². The third-order valence-corrected chi connectivity index (χ3v) is 5.79. The maximum absolute atomic E-state index is 13.1. The molecule has 8 nitrogen and oxygen atoms in total. The molecule has 5 rings (SSSR count). The summed E-state index contributed by atoms with van der Waals surface area (Å²) in [5, 5.41) is 0. The second-order valence-electron chi connectivity index (χ2n) is 7.86. The number of nitrogens with zero attached hydrogens (tertiary/aromatic N) is 6. The Hall–Kier alpha value is -3.21. The summed E-state index contributed by atoms with van der Waals surface area (Å²) >= 11 is 0. The number of fused-ring (bicyclic) bond motifs is 1. The molecule has 0 spiro atoms. The number of aromatic nitrogens is 4. The van der Waals surface area contributed by atoms with Gasteiger partial charge in [-0.05, 0) is 31.0 Å². The van der Waals surface area contributed by atoms with Crippen LogP contribution in [0.15, 0.2) is 36.8 Å². The zero-order valence-corrected chi connectivity index (χ0v) is 16.5. The Morgan fingerprint density at radius 1 is 1.13 bits per heavy atom. The van der Waals surface area contributed by atoms with Crippen molar-refractivity contribution >= 4 is 17.4 Å². The lowest BCUT2D eigenvalue weighted by molar-refractivity contribution is -0.137. The van der Waals surface area contributed by atoms with Crippen LogP contribution >= 0.6 is 0 Å². The normalized spacial score (nSPS) is 20.4. The molecular formula is C20H20F3N7O. The zero-order valence-electron chi connectivity index (χ0n) is 16.5. The average molecular weight is 431 g/mol. The van der Waals surface area contributed by atoms with Gasteiger partial charge < -0.3 is 10.6 Å². The minimum Gasteiger partial charge on any atom is -0.368 e. The van der Waals surface area contributed by atoms with Crippen LogP contribution in [0.25, 0.3) is 17.2 Å². The molecular weight excluding hydrogens is 411 g/mol. The number of rotatable bonds is 4. The highest BCUT2D eigenvalue weighted by Crippen LogP contribution is 2.32. The first-order chi connectivity index (χ1) is 14.8. The molecule has 1 amide bonds. The third kappa shape index (κ3) is 3.69. The van der Waals surface area contributed by atoms with E-state index in [1.807, 2.05) is 4.90 Å². The lowest BCUT2D eigenvalue weighted by Gasteiger charge is -2.40. The standard InChI is InChI=1S/C20H20F3N7O/c21-20(22,23)12-1-4-16-26-9-14(30(16)10-12)19-25-6-5-17(27-19)28-7-8-29(13-2-3-13)15(11-28)18(24)31/h1,4-6,9-10,13,15H,2-3,7-8,11H2,(H2,24,31). The Balaban J connectivity index is 1.46. The number of carbonyl (C=O) groups is 1. The molecule has 1 saturated heterocycles. The highest BCUT2D eigenvalue weighted by atomic mass is 19.4. The number of amides is 1. The SMILES string of the molecule is NC(=O)C1CN(c2ccnc(-c3cnc4ccc(C(F)(F)F)cn34)n2)CCN1C1CC1. The summed E-state index contributed by atoms with van der Waals surface area (Å²) in [6.07, 6.45) is 1.68. The van der Waals surface area contributed by atoms with E-state index < -0.39 is 17.8 Å². The highest BCUT2D eigenvalue weighted by Gasteiger charge is 2.40. The van der Waals surface area contributed by atoms with Gasteiger partial charge in [-0.15, -0.1) is 0 Å². The quantitative estimate of drug-likeness (QED) is 0.679. The summed E-state index contributed by atoms with van der Waals surface area (Å²) in [4.78, 5) is 29.1. The van der Waals surface area contributed by atoms with Crippen molar-refractivity contribution in [2.45, 2.75) is 31.1 Å². The van der Waals surface area contributed by atoms with E-state index >= 15 is 0 Å². The number of nitrogens with two attached hydrogens (primary N) is 1. The fraction of sp³-hybridized carbons (Fsp3) is 0.400. The summed E-state index contributed by atoms with van der Waals surface area (Å²) in [5.74, 6) is 0.477. The molecule has 0 aromatic carbocycles. The van der Waals surface area contributed by atoms with Gasteiger partial charge >= 0.3 is 6.18 Å². The summed E-state index contributed by atoms with van der Waals surface area (Å²) in [7, 11) is 0. The number of piperazine rings is 1. The van der Waals surface area contributed by atoms with Crippen LogP contribution in [0, 0.1) is 0 Å². The average Bonchev–Trinajstić information content (AvgIpc) is 3.51. The van der Waals surface area contributed by atoms with Gasteiger partial charge in [0.15, 0.2) is 5.82 Å². The second kappa shape index (κ2) is 7.19. The number of alkyl halides is 3. The molecule has 4 heterocycles. The number of imidazole rings is 1. The van der Waals surface area contributed by atoms with E-state index in [1.54, 1.807) is 12.3 Å². The van der Waals surface area contributed by atoms with Crippen molar-refractivity contribution in [3.05, 3.63) is 42.4 Å². The van der Waals surface area contributed by atoms with Crippen LogP contribution < -0.4 is 10.6 Å². The molecule has 0 radical (unpaired) electrons. The Morgan fingerprint density at radius 2 is 1.94 bits per heavy atom. The third-order valence-electron chi connectivity index (χ3n) is 5.79. The molecule has 1 saturated carbocycles. The lowest BCUT2D eigenvalue weighted by Crippen LogP contribution is -2.59. The molecule has 3 aromatic rings. The predicted octanol–water partition coefficient (Wildman–Crippen LogP) is 1.95. The molecule has 31 heavy (non-hydrogen) atoms. The number of carbonyl (C=O) groups excluding carboxylic acids is 1. The number of hydrogen-bond acceptors (Lipinski definition) is 6. The molecule has 1 atom stereocenters. The first kappa shape index (κ1) is 19.7. The minimum absolute atomic E-state index is 0.254. The fourth-order valence-electron chi connectivity index (χ4n) is 4.06. The minimum atomic E-state index is -4.47. The van der Waals surface area contributed by atoms with E-state index in [2.05, 4.69) is 19.9 Å². The van der Waals surface area contributed by atoms with E-state index in [0.29, 0.717) is 42.8 Å². The van der Waals surface area contributed by atoms with E-state index in [0.717, 1.165) is 25.1 Å². The molecule has 2 fully saturated rings. The number of halogens is 3. The van der Waals surface area contributed by atoms with Gasteiger partial charge in [-0.25, -0.2) is 15.0 Å². The predicted molar refractivity (Wildman–Crippen MR) is 106 cm³/mol. The molecule has 2 N–H and O–H groups in total. The Labute approximate surface area is 175 Å². The van der Waals surface area contributed by atoms with Crippen molar-refractivity contribution < 1.29 is 18.0 Å². The van der Waals surface area contributed by atoms with Gasteiger partial charge in [-0.1, -0.05) is 0 Å². The van der Waals surface area contributed by atoms with Crippen LogP contribution in [0.3, 0.4) is 0 Å². The molecule has 2 aliphatic rings. The second-order valence-corrected chi connectivity index (χ2v) is 7.86. The number of hydrogen-bond donors (Lipinski definition) is 1. The maximum atomic E-state index is 13.1. The van der Waals surface area contributed by atoms with Crippen LogP contribution in [0.4, 0.5) is 19.0 Å². The summed E-state index contributed by atoms with van der Waals surface area (Å²) in [5.41, 5.74) is 5.57. The Morgan fingerprint density at radius 3 is 2.65 bits per heavy atom. The van der Waals surface area contributed by atoms with Crippen LogP contribution in [-0.4, -0.2) is 61.9 Å².